The zero-order valence-corrected chi connectivity index (χ0v) is 15.8. The molecule has 0 saturated carbocycles. The van der Waals surface area contributed by atoms with Gasteiger partial charge < -0.3 is 5.32 Å². The van der Waals surface area contributed by atoms with Crippen LogP contribution in [0.1, 0.15) is 61.1 Å². The van der Waals surface area contributed by atoms with E-state index in [0.717, 1.165) is 23.4 Å². The van der Waals surface area contributed by atoms with Crippen LogP contribution in [0, 0.1) is 17.2 Å². The Labute approximate surface area is 152 Å². The summed E-state index contributed by atoms with van der Waals surface area (Å²) >= 11 is 1.76. The molecule has 2 unspecified atom stereocenters. The van der Waals surface area contributed by atoms with Crippen LogP contribution in [0.4, 0.5) is 9.39 Å². The highest BCUT2D eigenvalue weighted by atomic mass is 32.1. The largest absolute Gasteiger partial charge is 0.317 e. The molecule has 2 nitrogen and oxygen atoms in total. The first-order chi connectivity index (χ1) is 11.8. The number of halogens is 1. The van der Waals surface area contributed by atoms with Crippen molar-refractivity contribution in [2.24, 2.45) is 11.3 Å². The second-order valence-corrected chi connectivity index (χ2v) is 9.51. The van der Waals surface area contributed by atoms with Crippen molar-refractivity contribution in [1.82, 2.24) is 0 Å². The van der Waals surface area contributed by atoms with Crippen LogP contribution in [0.3, 0.4) is 0 Å². The van der Waals surface area contributed by atoms with Crippen molar-refractivity contribution in [3.05, 3.63) is 51.7 Å². The van der Waals surface area contributed by atoms with Crippen LogP contribution < -0.4 is 5.32 Å². The number of nitrogens with one attached hydrogen (secondary N) is 1. The first-order valence-corrected chi connectivity index (χ1v) is 9.84. The Morgan fingerprint density at radius 1 is 1.16 bits per heavy atom. The van der Waals surface area contributed by atoms with Gasteiger partial charge in [-0.05, 0) is 59.4 Å². The van der Waals surface area contributed by atoms with E-state index in [4.69, 9.17) is 0 Å². The summed E-state index contributed by atoms with van der Waals surface area (Å²) in [6.45, 7) is 6.96. The van der Waals surface area contributed by atoms with Crippen LogP contribution in [-0.4, -0.2) is 5.91 Å². The lowest BCUT2D eigenvalue weighted by molar-refractivity contribution is -0.116. The van der Waals surface area contributed by atoms with Gasteiger partial charge >= 0.3 is 0 Å². The maximum atomic E-state index is 13.3. The summed E-state index contributed by atoms with van der Waals surface area (Å²) in [5, 5.41) is 4.11. The first kappa shape index (κ1) is 16.8. The second kappa shape index (κ2) is 5.94. The lowest BCUT2D eigenvalue weighted by Gasteiger charge is -2.34. The molecule has 1 aliphatic carbocycles. The third-order valence-corrected chi connectivity index (χ3v) is 6.98. The van der Waals surface area contributed by atoms with Crippen LogP contribution in [0.5, 0.6) is 0 Å². The number of rotatable bonds is 1. The van der Waals surface area contributed by atoms with E-state index in [2.05, 4.69) is 26.1 Å². The Bertz CT molecular complexity index is 816. The van der Waals surface area contributed by atoms with Gasteiger partial charge in [-0.3, -0.25) is 4.79 Å². The molecule has 2 atom stereocenters. The Kier molecular flexibility index (Phi) is 3.99. The number of anilines is 1. The molecule has 0 spiro atoms. The molecule has 1 aromatic heterocycles. The van der Waals surface area contributed by atoms with Crippen molar-refractivity contribution in [3.8, 4) is 0 Å². The van der Waals surface area contributed by atoms with Gasteiger partial charge in [0.15, 0.2) is 0 Å². The summed E-state index contributed by atoms with van der Waals surface area (Å²) in [6.07, 6.45) is 3.83. The van der Waals surface area contributed by atoms with E-state index in [1.807, 2.05) is 12.1 Å². The number of carbonyl (C=O) groups is 1. The minimum atomic E-state index is -0.232. The van der Waals surface area contributed by atoms with E-state index in [-0.39, 0.29) is 17.6 Å². The van der Waals surface area contributed by atoms with E-state index in [0.29, 0.717) is 17.8 Å². The zero-order chi connectivity index (χ0) is 17.8. The fraction of sp³-hybridized carbons (Fsp3) is 0.476. The number of fused-ring (bicyclic) bond motifs is 3. The van der Waals surface area contributed by atoms with E-state index >= 15 is 0 Å². The van der Waals surface area contributed by atoms with Gasteiger partial charge in [-0.2, -0.15) is 0 Å². The van der Waals surface area contributed by atoms with Crippen LogP contribution in [0.2, 0.25) is 0 Å². The predicted octanol–water partition coefficient (Wildman–Crippen LogP) is 5.51. The van der Waals surface area contributed by atoms with Crippen molar-refractivity contribution >= 4 is 22.2 Å². The Hall–Kier alpha value is -1.68. The number of benzene rings is 1. The average Bonchev–Trinajstić information content (AvgIpc) is 2.91. The quantitative estimate of drug-likeness (QED) is 0.716. The van der Waals surface area contributed by atoms with Gasteiger partial charge in [-0.15, -0.1) is 11.3 Å². The van der Waals surface area contributed by atoms with Gasteiger partial charge in [0, 0.05) is 17.2 Å². The minimum Gasteiger partial charge on any atom is -0.317 e. The molecule has 2 heterocycles. The first-order valence-electron chi connectivity index (χ1n) is 9.02. The summed E-state index contributed by atoms with van der Waals surface area (Å²) in [7, 11) is 0. The standard InChI is InChI=1S/C21H24FNOS/c1-21(2,3)13-6-9-15-17(10-13)25-20-19(15)16(11-18(24)23-20)12-4-7-14(22)8-5-12/h4-5,7-8,13,16H,6,9-11H2,1-3H3,(H,23,24). The average molecular weight is 357 g/mol. The Morgan fingerprint density at radius 2 is 1.88 bits per heavy atom. The molecule has 0 bridgehead atoms. The third kappa shape index (κ3) is 3.01. The van der Waals surface area contributed by atoms with Gasteiger partial charge in [-0.25, -0.2) is 4.39 Å². The molecule has 4 heteroatoms. The summed E-state index contributed by atoms with van der Waals surface area (Å²) in [5.41, 5.74) is 4.08. The summed E-state index contributed by atoms with van der Waals surface area (Å²) in [5.74, 6) is 0.563. The summed E-state index contributed by atoms with van der Waals surface area (Å²) in [4.78, 5) is 13.7. The van der Waals surface area contributed by atoms with Crippen molar-refractivity contribution < 1.29 is 9.18 Å². The van der Waals surface area contributed by atoms with E-state index in [1.54, 1.807) is 11.3 Å². The maximum Gasteiger partial charge on any atom is 0.225 e. The Balaban J connectivity index is 1.76. The van der Waals surface area contributed by atoms with Crippen LogP contribution in [0.15, 0.2) is 24.3 Å². The monoisotopic (exact) mass is 357 g/mol. The minimum absolute atomic E-state index is 0.0514. The van der Waals surface area contributed by atoms with Crippen LogP contribution >= 0.6 is 11.3 Å². The molecule has 0 saturated heterocycles. The number of hydrogen-bond acceptors (Lipinski definition) is 2. The summed E-state index contributed by atoms with van der Waals surface area (Å²) in [6, 6.07) is 6.65. The molecule has 2 aliphatic rings. The SMILES string of the molecule is CC(C)(C)C1CCc2c(sc3c2C(c2ccc(F)cc2)CC(=O)N3)C1. The molecule has 1 aromatic carbocycles. The molecule has 25 heavy (non-hydrogen) atoms. The summed E-state index contributed by atoms with van der Waals surface area (Å²) < 4.78 is 13.3. The highest BCUT2D eigenvalue weighted by molar-refractivity contribution is 7.16. The normalized spacial score (nSPS) is 23.0. The Morgan fingerprint density at radius 3 is 2.56 bits per heavy atom. The van der Waals surface area contributed by atoms with E-state index < -0.39 is 0 Å². The lowest BCUT2D eigenvalue weighted by Crippen LogP contribution is -2.27. The second-order valence-electron chi connectivity index (χ2n) is 8.41. The molecule has 0 fully saturated rings. The molecule has 2 aromatic rings. The van der Waals surface area contributed by atoms with Gasteiger partial charge in [0.25, 0.3) is 0 Å². The highest BCUT2D eigenvalue weighted by Crippen LogP contribution is 2.50. The molecule has 1 amide bonds. The number of carbonyl (C=O) groups excluding carboxylic acids is 1. The smallest absolute Gasteiger partial charge is 0.225 e. The van der Waals surface area contributed by atoms with E-state index in [9.17, 15) is 9.18 Å². The molecule has 4 rings (SSSR count). The molecular formula is C21H24FNOS. The number of thiophene rings is 1. The predicted molar refractivity (Wildman–Crippen MR) is 101 cm³/mol. The third-order valence-electron chi connectivity index (χ3n) is 5.79. The lowest BCUT2D eigenvalue weighted by atomic mass is 9.71. The van der Waals surface area contributed by atoms with Crippen molar-refractivity contribution in [2.45, 2.75) is 52.4 Å². The van der Waals surface area contributed by atoms with Gasteiger partial charge in [-0.1, -0.05) is 32.9 Å². The van der Waals surface area contributed by atoms with Crippen molar-refractivity contribution in [2.75, 3.05) is 5.32 Å². The van der Waals surface area contributed by atoms with Crippen LogP contribution in [-0.2, 0) is 17.6 Å². The van der Waals surface area contributed by atoms with Gasteiger partial charge in [0.2, 0.25) is 5.91 Å². The van der Waals surface area contributed by atoms with E-state index in [1.165, 1.54) is 34.6 Å². The molecule has 1 N–H and O–H groups in total. The molecule has 0 radical (unpaired) electrons. The zero-order valence-electron chi connectivity index (χ0n) is 15.0. The molecular weight excluding hydrogens is 333 g/mol. The van der Waals surface area contributed by atoms with Crippen LogP contribution in [0.25, 0.3) is 0 Å². The maximum absolute atomic E-state index is 13.3. The fourth-order valence-corrected chi connectivity index (χ4v) is 5.66. The topological polar surface area (TPSA) is 29.1 Å². The van der Waals surface area contributed by atoms with Crippen molar-refractivity contribution in [3.63, 3.8) is 0 Å². The number of hydrogen-bond donors (Lipinski definition) is 1. The van der Waals surface area contributed by atoms with Gasteiger partial charge in [0.1, 0.15) is 5.82 Å². The highest BCUT2D eigenvalue weighted by Gasteiger charge is 2.37. The fourth-order valence-electron chi connectivity index (χ4n) is 4.26. The molecule has 132 valence electrons. The molecule has 1 aliphatic heterocycles. The number of amides is 1. The van der Waals surface area contributed by atoms with Gasteiger partial charge in [0.05, 0.1) is 5.00 Å². The van der Waals surface area contributed by atoms with Crippen molar-refractivity contribution in [1.29, 1.82) is 0 Å².